The van der Waals surface area contributed by atoms with Crippen LogP contribution in [0, 0.1) is 0 Å². The number of ether oxygens (including phenoxy) is 1. The van der Waals surface area contributed by atoms with Gasteiger partial charge < -0.3 is 9.53 Å². The molecule has 3 nitrogen and oxygen atoms in total. The molecule has 0 amide bonds. The van der Waals surface area contributed by atoms with Crippen LogP contribution in [0.4, 0.5) is 0 Å². The first-order valence-electron chi connectivity index (χ1n) is 3.88. The molecule has 0 aliphatic carbocycles. The largest absolute Gasteiger partial charge is 0.359 e. The summed E-state index contributed by atoms with van der Waals surface area (Å²) in [5, 5.41) is 0. The number of carbonyl (C=O) groups excluding carboxylic acids is 1. The lowest BCUT2D eigenvalue weighted by Gasteiger charge is -2.28. The number of nitrogens with zero attached hydrogens (tertiary/aromatic N) is 1. The highest BCUT2D eigenvalue weighted by molar-refractivity contribution is 5.50. The van der Waals surface area contributed by atoms with Crippen LogP contribution in [-0.4, -0.2) is 36.6 Å². The minimum absolute atomic E-state index is 0.201. The minimum Gasteiger partial charge on any atom is -0.359 e. The molecule has 0 N–H and O–H groups in total. The van der Waals surface area contributed by atoms with Crippen molar-refractivity contribution in [3.63, 3.8) is 0 Å². The van der Waals surface area contributed by atoms with Crippen LogP contribution in [0.15, 0.2) is 0 Å². The van der Waals surface area contributed by atoms with Gasteiger partial charge in [-0.2, -0.15) is 0 Å². The third-order valence-electron chi connectivity index (χ3n) is 2.39. The summed E-state index contributed by atoms with van der Waals surface area (Å²) in [6.45, 7) is 4.69. The Bertz CT molecular complexity index is 156. The number of rotatable bonds is 2. The molecule has 1 aliphatic rings. The standard InChI is InChI=1S/C8H15NO2/c1-8(2)9(3)7(4-5-10)6-11-8/h5,7H,4,6H2,1-3H3. The van der Waals surface area contributed by atoms with E-state index >= 15 is 0 Å². The van der Waals surface area contributed by atoms with E-state index in [2.05, 4.69) is 4.90 Å². The summed E-state index contributed by atoms with van der Waals surface area (Å²) in [5.41, 5.74) is -0.201. The lowest BCUT2D eigenvalue weighted by molar-refractivity contribution is -0.108. The maximum Gasteiger partial charge on any atom is 0.121 e. The van der Waals surface area contributed by atoms with E-state index in [4.69, 9.17) is 4.74 Å². The van der Waals surface area contributed by atoms with E-state index in [9.17, 15) is 4.79 Å². The van der Waals surface area contributed by atoms with Gasteiger partial charge in [0, 0.05) is 12.5 Å². The van der Waals surface area contributed by atoms with Crippen molar-refractivity contribution in [1.82, 2.24) is 4.90 Å². The second-order valence-corrected chi connectivity index (χ2v) is 3.42. The van der Waals surface area contributed by atoms with Crippen LogP contribution in [0.25, 0.3) is 0 Å². The third kappa shape index (κ3) is 1.60. The molecule has 1 aliphatic heterocycles. The predicted octanol–water partition coefficient (Wildman–Crippen LogP) is 0.642. The number of hydrogen-bond acceptors (Lipinski definition) is 3. The molecule has 64 valence electrons. The van der Waals surface area contributed by atoms with Gasteiger partial charge in [0.05, 0.1) is 6.61 Å². The van der Waals surface area contributed by atoms with E-state index in [1.165, 1.54) is 0 Å². The zero-order valence-electron chi connectivity index (χ0n) is 7.33. The van der Waals surface area contributed by atoms with Gasteiger partial charge in [-0.3, -0.25) is 4.90 Å². The van der Waals surface area contributed by atoms with Gasteiger partial charge in [0.1, 0.15) is 12.0 Å². The van der Waals surface area contributed by atoms with Gasteiger partial charge in [0.25, 0.3) is 0 Å². The fourth-order valence-electron chi connectivity index (χ4n) is 1.29. The second-order valence-electron chi connectivity index (χ2n) is 3.42. The summed E-state index contributed by atoms with van der Waals surface area (Å²) in [5.74, 6) is 0. The summed E-state index contributed by atoms with van der Waals surface area (Å²) >= 11 is 0. The fourth-order valence-corrected chi connectivity index (χ4v) is 1.29. The molecular weight excluding hydrogens is 142 g/mol. The average Bonchev–Trinajstić information content (AvgIpc) is 2.17. The lowest BCUT2D eigenvalue weighted by atomic mass is 10.2. The van der Waals surface area contributed by atoms with Crippen molar-refractivity contribution < 1.29 is 9.53 Å². The van der Waals surface area contributed by atoms with Gasteiger partial charge in [0.2, 0.25) is 0 Å². The molecule has 1 saturated heterocycles. The van der Waals surface area contributed by atoms with Crippen LogP contribution < -0.4 is 0 Å². The van der Waals surface area contributed by atoms with Crippen LogP contribution in [0.3, 0.4) is 0 Å². The van der Waals surface area contributed by atoms with E-state index < -0.39 is 0 Å². The van der Waals surface area contributed by atoms with E-state index in [-0.39, 0.29) is 11.8 Å². The molecule has 0 aromatic rings. The lowest BCUT2D eigenvalue weighted by Crippen LogP contribution is -2.40. The SMILES string of the molecule is CN1C(CC=O)COC1(C)C. The average molecular weight is 157 g/mol. The van der Waals surface area contributed by atoms with Crippen LogP contribution in [0.5, 0.6) is 0 Å². The van der Waals surface area contributed by atoms with Crippen LogP contribution >= 0.6 is 0 Å². The molecule has 0 spiro atoms. The maximum atomic E-state index is 10.2. The quantitative estimate of drug-likeness (QED) is 0.551. The van der Waals surface area contributed by atoms with Crippen LogP contribution in [-0.2, 0) is 9.53 Å². The first kappa shape index (κ1) is 8.68. The third-order valence-corrected chi connectivity index (χ3v) is 2.39. The van der Waals surface area contributed by atoms with Gasteiger partial charge in [-0.15, -0.1) is 0 Å². The number of carbonyl (C=O) groups is 1. The first-order chi connectivity index (χ1) is 5.08. The van der Waals surface area contributed by atoms with Crippen molar-refractivity contribution in [3.8, 4) is 0 Å². The van der Waals surface area contributed by atoms with Crippen molar-refractivity contribution in [2.45, 2.75) is 32.0 Å². The highest BCUT2D eigenvalue weighted by Crippen LogP contribution is 2.25. The highest BCUT2D eigenvalue weighted by atomic mass is 16.5. The number of likely N-dealkylation sites (N-methyl/N-ethyl adjacent to an activating group) is 1. The summed E-state index contributed by atoms with van der Waals surface area (Å²) in [6, 6.07) is 0.266. The molecule has 0 bridgehead atoms. The van der Waals surface area contributed by atoms with Crippen molar-refractivity contribution in [1.29, 1.82) is 0 Å². The first-order valence-corrected chi connectivity index (χ1v) is 3.88. The molecule has 1 unspecified atom stereocenters. The second kappa shape index (κ2) is 2.91. The van der Waals surface area contributed by atoms with Crippen molar-refractivity contribution in [2.75, 3.05) is 13.7 Å². The van der Waals surface area contributed by atoms with Crippen LogP contribution in [0.2, 0.25) is 0 Å². The highest BCUT2D eigenvalue weighted by Gasteiger charge is 2.36. The Morgan fingerprint density at radius 1 is 1.73 bits per heavy atom. The van der Waals surface area contributed by atoms with Gasteiger partial charge in [-0.1, -0.05) is 0 Å². The molecule has 1 rings (SSSR count). The van der Waals surface area contributed by atoms with Crippen molar-refractivity contribution in [2.24, 2.45) is 0 Å². The minimum atomic E-state index is -0.201. The zero-order valence-corrected chi connectivity index (χ0v) is 7.33. The van der Waals surface area contributed by atoms with Gasteiger partial charge in [-0.25, -0.2) is 0 Å². The molecule has 3 heteroatoms. The Morgan fingerprint density at radius 3 is 2.73 bits per heavy atom. The molecule has 0 aromatic heterocycles. The van der Waals surface area contributed by atoms with E-state index in [1.807, 2.05) is 20.9 Å². The Hall–Kier alpha value is -0.410. The molecule has 1 heterocycles. The summed E-state index contributed by atoms with van der Waals surface area (Å²) in [7, 11) is 1.99. The zero-order chi connectivity index (χ0) is 8.48. The normalized spacial score (nSPS) is 30.6. The fraction of sp³-hybridized carbons (Fsp3) is 0.875. The molecule has 0 aromatic carbocycles. The Kier molecular flexibility index (Phi) is 2.30. The van der Waals surface area contributed by atoms with Crippen molar-refractivity contribution >= 4 is 6.29 Å². The molecule has 0 radical (unpaired) electrons. The van der Waals surface area contributed by atoms with E-state index in [1.54, 1.807) is 0 Å². The monoisotopic (exact) mass is 157 g/mol. The van der Waals surface area contributed by atoms with Gasteiger partial charge >= 0.3 is 0 Å². The predicted molar refractivity (Wildman–Crippen MR) is 42.3 cm³/mol. The van der Waals surface area contributed by atoms with Crippen molar-refractivity contribution in [3.05, 3.63) is 0 Å². The maximum absolute atomic E-state index is 10.2. The van der Waals surface area contributed by atoms with Crippen LogP contribution in [0.1, 0.15) is 20.3 Å². The van der Waals surface area contributed by atoms with Gasteiger partial charge in [0.15, 0.2) is 0 Å². The van der Waals surface area contributed by atoms with E-state index in [0.29, 0.717) is 13.0 Å². The molecule has 0 saturated carbocycles. The number of hydrogen-bond donors (Lipinski definition) is 0. The summed E-state index contributed by atoms with van der Waals surface area (Å²) < 4.78 is 5.48. The molecule has 11 heavy (non-hydrogen) atoms. The summed E-state index contributed by atoms with van der Waals surface area (Å²) in [4.78, 5) is 12.3. The topological polar surface area (TPSA) is 29.5 Å². The number of aldehydes is 1. The van der Waals surface area contributed by atoms with E-state index in [0.717, 1.165) is 6.29 Å². The summed E-state index contributed by atoms with van der Waals surface area (Å²) in [6.07, 6.45) is 1.52. The molecule has 1 atom stereocenters. The smallest absolute Gasteiger partial charge is 0.121 e. The molecule has 1 fully saturated rings. The Labute approximate surface area is 67.3 Å². The van der Waals surface area contributed by atoms with Gasteiger partial charge in [-0.05, 0) is 20.9 Å². The Morgan fingerprint density at radius 2 is 2.36 bits per heavy atom. The molecular formula is C8H15NO2. The Balaban J connectivity index is 2.55.